The Balaban J connectivity index is 2.44. The predicted molar refractivity (Wildman–Crippen MR) is 71.7 cm³/mol. The minimum atomic E-state index is 0.715. The van der Waals surface area contributed by atoms with Gasteiger partial charge in [0, 0.05) is 17.4 Å². The van der Waals surface area contributed by atoms with E-state index in [1.807, 2.05) is 0 Å². The fourth-order valence-corrected chi connectivity index (χ4v) is 2.94. The SMILES string of the molecule is CC(C)N(CCCBr)C1CCCCCC1. The van der Waals surface area contributed by atoms with Gasteiger partial charge in [-0.1, -0.05) is 41.6 Å². The highest BCUT2D eigenvalue weighted by atomic mass is 79.9. The molecule has 0 unspecified atom stereocenters. The molecule has 0 bridgehead atoms. The van der Waals surface area contributed by atoms with Crippen LogP contribution in [0.3, 0.4) is 0 Å². The average Bonchev–Trinajstić information content (AvgIpc) is 2.47. The Morgan fingerprint density at radius 1 is 1.13 bits per heavy atom. The standard InChI is InChI=1S/C13H26BrN/c1-12(2)15(11-7-10-14)13-8-5-3-4-6-9-13/h12-13H,3-11H2,1-2H3. The van der Waals surface area contributed by atoms with Crippen LogP contribution in [0.2, 0.25) is 0 Å². The first-order chi connectivity index (χ1) is 7.25. The van der Waals surface area contributed by atoms with Gasteiger partial charge < -0.3 is 0 Å². The number of halogens is 1. The van der Waals surface area contributed by atoms with Gasteiger partial charge in [-0.25, -0.2) is 0 Å². The summed E-state index contributed by atoms with van der Waals surface area (Å²) < 4.78 is 0. The molecule has 1 nitrogen and oxygen atoms in total. The first kappa shape index (κ1) is 13.5. The molecule has 0 aromatic heterocycles. The monoisotopic (exact) mass is 275 g/mol. The molecule has 0 aromatic rings. The molecule has 0 spiro atoms. The van der Waals surface area contributed by atoms with E-state index in [-0.39, 0.29) is 0 Å². The number of hydrogen-bond acceptors (Lipinski definition) is 1. The van der Waals surface area contributed by atoms with Gasteiger partial charge in [-0.15, -0.1) is 0 Å². The van der Waals surface area contributed by atoms with Gasteiger partial charge in [0.15, 0.2) is 0 Å². The summed E-state index contributed by atoms with van der Waals surface area (Å²) in [6, 6.07) is 1.58. The van der Waals surface area contributed by atoms with Crippen molar-refractivity contribution in [2.75, 3.05) is 11.9 Å². The Kier molecular flexibility index (Phi) is 6.91. The van der Waals surface area contributed by atoms with Crippen LogP contribution in [0, 0.1) is 0 Å². The number of hydrogen-bond donors (Lipinski definition) is 0. The van der Waals surface area contributed by atoms with Crippen molar-refractivity contribution in [1.82, 2.24) is 4.90 Å². The Morgan fingerprint density at radius 3 is 2.20 bits per heavy atom. The van der Waals surface area contributed by atoms with E-state index in [4.69, 9.17) is 0 Å². The molecule has 2 heteroatoms. The molecule has 90 valence electrons. The number of alkyl halides is 1. The number of nitrogens with zero attached hydrogens (tertiary/aromatic N) is 1. The lowest BCUT2D eigenvalue weighted by Gasteiger charge is -2.34. The van der Waals surface area contributed by atoms with E-state index in [1.54, 1.807) is 0 Å². The zero-order valence-corrected chi connectivity index (χ0v) is 11.9. The molecule has 0 aromatic carbocycles. The van der Waals surface area contributed by atoms with Crippen molar-refractivity contribution < 1.29 is 0 Å². The van der Waals surface area contributed by atoms with Gasteiger partial charge in [0.25, 0.3) is 0 Å². The smallest absolute Gasteiger partial charge is 0.00979 e. The average molecular weight is 276 g/mol. The van der Waals surface area contributed by atoms with Crippen molar-refractivity contribution in [2.45, 2.75) is 70.9 Å². The Bertz CT molecular complexity index is 151. The maximum absolute atomic E-state index is 3.54. The second-order valence-electron chi connectivity index (χ2n) is 5.02. The lowest BCUT2D eigenvalue weighted by molar-refractivity contribution is 0.139. The van der Waals surface area contributed by atoms with Crippen molar-refractivity contribution in [2.24, 2.45) is 0 Å². The topological polar surface area (TPSA) is 3.24 Å². The normalized spacial score (nSPS) is 19.8. The molecule has 0 atom stereocenters. The Labute approximate surface area is 104 Å². The van der Waals surface area contributed by atoms with Crippen LogP contribution in [0.15, 0.2) is 0 Å². The summed E-state index contributed by atoms with van der Waals surface area (Å²) in [7, 11) is 0. The van der Waals surface area contributed by atoms with Gasteiger partial charge in [-0.2, -0.15) is 0 Å². The van der Waals surface area contributed by atoms with Crippen molar-refractivity contribution in [3.63, 3.8) is 0 Å². The molecule has 0 saturated heterocycles. The molecule has 0 N–H and O–H groups in total. The van der Waals surface area contributed by atoms with Gasteiger partial charge >= 0.3 is 0 Å². The molecule has 15 heavy (non-hydrogen) atoms. The summed E-state index contributed by atoms with van der Waals surface area (Å²) in [6.07, 6.45) is 9.96. The Hall–Kier alpha value is 0.440. The van der Waals surface area contributed by atoms with Crippen molar-refractivity contribution >= 4 is 15.9 Å². The maximum Gasteiger partial charge on any atom is 0.00979 e. The minimum absolute atomic E-state index is 0.715. The van der Waals surface area contributed by atoms with Crippen molar-refractivity contribution in [3.05, 3.63) is 0 Å². The largest absolute Gasteiger partial charge is 0.298 e. The van der Waals surface area contributed by atoms with E-state index in [2.05, 4.69) is 34.7 Å². The van der Waals surface area contributed by atoms with E-state index in [9.17, 15) is 0 Å². The summed E-state index contributed by atoms with van der Waals surface area (Å²) in [5.74, 6) is 0. The molecule has 0 aliphatic heterocycles. The highest BCUT2D eigenvalue weighted by Crippen LogP contribution is 2.23. The van der Waals surface area contributed by atoms with Crippen LogP contribution in [0.4, 0.5) is 0 Å². The third-order valence-corrected chi connectivity index (χ3v) is 4.07. The van der Waals surface area contributed by atoms with Crippen LogP contribution in [0.25, 0.3) is 0 Å². The van der Waals surface area contributed by atoms with Gasteiger partial charge in [0.2, 0.25) is 0 Å². The van der Waals surface area contributed by atoms with Gasteiger partial charge in [-0.05, 0) is 39.7 Å². The van der Waals surface area contributed by atoms with E-state index < -0.39 is 0 Å². The quantitative estimate of drug-likeness (QED) is 0.537. The fraction of sp³-hybridized carbons (Fsp3) is 1.00. The summed E-state index contributed by atoms with van der Waals surface area (Å²) in [4.78, 5) is 2.73. The van der Waals surface area contributed by atoms with Crippen LogP contribution in [-0.4, -0.2) is 28.9 Å². The third-order valence-electron chi connectivity index (χ3n) is 3.51. The molecular weight excluding hydrogens is 250 g/mol. The molecule has 1 saturated carbocycles. The highest BCUT2D eigenvalue weighted by molar-refractivity contribution is 9.09. The van der Waals surface area contributed by atoms with Gasteiger partial charge in [0.05, 0.1) is 0 Å². The molecular formula is C13H26BrN. The lowest BCUT2D eigenvalue weighted by Crippen LogP contribution is -2.41. The van der Waals surface area contributed by atoms with Crippen molar-refractivity contribution in [1.29, 1.82) is 0 Å². The van der Waals surface area contributed by atoms with Crippen LogP contribution in [0.5, 0.6) is 0 Å². The third kappa shape index (κ3) is 4.86. The van der Waals surface area contributed by atoms with E-state index >= 15 is 0 Å². The summed E-state index contributed by atoms with van der Waals surface area (Å²) in [5, 5.41) is 1.14. The first-order valence-corrected chi connectivity index (χ1v) is 7.69. The highest BCUT2D eigenvalue weighted by Gasteiger charge is 2.21. The van der Waals surface area contributed by atoms with E-state index in [0.29, 0.717) is 6.04 Å². The second-order valence-corrected chi connectivity index (χ2v) is 5.81. The van der Waals surface area contributed by atoms with Gasteiger partial charge in [0.1, 0.15) is 0 Å². The fourth-order valence-electron chi connectivity index (χ4n) is 2.69. The predicted octanol–water partition coefficient (Wildman–Crippen LogP) is 4.20. The molecule has 1 aliphatic carbocycles. The zero-order chi connectivity index (χ0) is 11.1. The van der Waals surface area contributed by atoms with Crippen LogP contribution >= 0.6 is 15.9 Å². The molecule has 1 fully saturated rings. The first-order valence-electron chi connectivity index (χ1n) is 6.57. The summed E-state index contributed by atoms with van der Waals surface area (Å²) in [6.45, 7) is 5.96. The van der Waals surface area contributed by atoms with Crippen LogP contribution in [0.1, 0.15) is 58.8 Å². The van der Waals surface area contributed by atoms with Gasteiger partial charge in [-0.3, -0.25) is 4.90 Å². The van der Waals surface area contributed by atoms with E-state index in [1.165, 1.54) is 51.5 Å². The lowest BCUT2D eigenvalue weighted by atomic mass is 10.1. The summed E-state index contributed by atoms with van der Waals surface area (Å²) >= 11 is 3.54. The van der Waals surface area contributed by atoms with E-state index in [0.717, 1.165) is 11.4 Å². The van der Waals surface area contributed by atoms with Crippen LogP contribution in [-0.2, 0) is 0 Å². The molecule has 0 radical (unpaired) electrons. The van der Waals surface area contributed by atoms with Crippen LogP contribution < -0.4 is 0 Å². The zero-order valence-electron chi connectivity index (χ0n) is 10.3. The second kappa shape index (κ2) is 7.67. The molecule has 1 rings (SSSR count). The molecule has 1 aliphatic rings. The Morgan fingerprint density at radius 2 is 1.73 bits per heavy atom. The molecule has 0 heterocycles. The number of rotatable bonds is 5. The minimum Gasteiger partial charge on any atom is -0.298 e. The molecule has 0 amide bonds. The maximum atomic E-state index is 3.54. The van der Waals surface area contributed by atoms with Crippen molar-refractivity contribution in [3.8, 4) is 0 Å². The summed E-state index contributed by atoms with van der Waals surface area (Å²) in [5.41, 5.74) is 0.